The average Bonchev–Trinajstić information content (AvgIpc) is 3.29. The van der Waals surface area contributed by atoms with Gasteiger partial charge in [0, 0.05) is 61.3 Å². The Morgan fingerprint density at radius 1 is 0.959 bits per heavy atom. The van der Waals surface area contributed by atoms with Gasteiger partial charge in [0.2, 0.25) is 5.95 Å². The van der Waals surface area contributed by atoms with Gasteiger partial charge in [-0.1, -0.05) is 17.9 Å². The minimum absolute atomic E-state index is 0.00999. The Labute approximate surface area is 282 Å². The first-order chi connectivity index (χ1) is 23.4. The summed E-state index contributed by atoms with van der Waals surface area (Å²) < 4.78 is 29.8. The van der Waals surface area contributed by atoms with E-state index in [1.54, 1.807) is 50.3 Å². The molecule has 0 saturated carbocycles. The standard InChI is InChI=1S/C36H36F2N8O3/c1-23-32(35(49)46(45(23)5)22-25-8-14-29(37)30(38)20-25)33(47)39-16-6-7-24-9-15-31-27(19-24)21-40-36(42-31)41-28-12-10-26(11-13-28)34(48)44(4)18-17-43(2)3/h8-15,19-21H,16-18,22H2,1-5H3,(H,39,47)(H,40,41,42). The Morgan fingerprint density at radius 2 is 1.71 bits per heavy atom. The summed E-state index contributed by atoms with van der Waals surface area (Å²) in [5.74, 6) is 3.67. The monoisotopic (exact) mass is 666 g/mol. The molecule has 2 heterocycles. The van der Waals surface area contributed by atoms with E-state index in [1.807, 2.05) is 43.3 Å². The zero-order chi connectivity index (χ0) is 35.2. The number of hydrogen-bond acceptors (Lipinski definition) is 7. The molecule has 0 bridgehead atoms. The van der Waals surface area contributed by atoms with Crippen LogP contribution >= 0.6 is 0 Å². The number of fused-ring (bicyclic) bond motifs is 1. The number of likely N-dealkylation sites (N-methyl/N-ethyl adjacent to an activating group) is 2. The van der Waals surface area contributed by atoms with Crippen molar-refractivity contribution < 1.29 is 18.4 Å². The Morgan fingerprint density at radius 3 is 2.43 bits per heavy atom. The van der Waals surface area contributed by atoms with Gasteiger partial charge in [0.25, 0.3) is 17.4 Å². The number of nitrogens with one attached hydrogen (secondary N) is 2. The molecule has 11 nitrogen and oxygen atoms in total. The van der Waals surface area contributed by atoms with E-state index in [1.165, 1.54) is 15.4 Å². The molecule has 0 radical (unpaired) electrons. The topological polar surface area (TPSA) is 117 Å². The van der Waals surface area contributed by atoms with Crippen LogP contribution in [0.4, 0.5) is 20.4 Å². The lowest BCUT2D eigenvalue weighted by atomic mass is 10.1. The molecule has 3 aromatic carbocycles. The second-order valence-corrected chi connectivity index (χ2v) is 11.8. The molecule has 252 valence electrons. The molecule has 2 amide bonds. The van der Waals surface area contributed by atoms with Crippen LogP contribution in [0, 0.1) is 30.4 Å². The van der Waals surface area contributed by atoms with Gasteiger partial charge in [-0.05, 0) is 81.2 Å². The summed E-state index contributed by atoms with van der Waals surface area (Å²) in [4.78, 5) is 51.4. The van der Waals surface area contributed by atoms with E-state index in [0.717, 1.165) is 29.8 Å². The van der Waals surface area contributed by atoms with Crippen LogP contribution in [0.25, 0.3) is 10.9 Å². The first-order valence-corrected chi connectivity index (χ1v) is 15.4. The third kappa shape index (κ3) is 8.17. The van der Waals surface area contributed by atoms with Crippen molar-refractivity contribution in [2.24, 2.45) is 7.05 Å². The fourth-order valence-corrected chi connectivity index (χ4v) is 5.04. The molecule has 5 aromatic rings. The largest absolute Gasteiger partial charge is 0.341 e. The zero-order valence-electron chi connectivity index (χ0n) is 27.8. The van der Waals surface area contributed by atoms with Crippen molar-refractivity contribution in [1.82, 2.24) is 34.4 Å². The summed E-state index contributed by atoms with van der Waals surface area (Å²) in [7, 11) is 7.33. The van der Waals surface area contributed by atoms with Gasteiger partial charge in [-0.15, -0.1) is 0 Å². The molecule has 0 aliphatic heterocycles. The van der Waals surface area contributed by atoms with Gasteiger partial charge in [0.15, 0.2) is 11.6 Å². The molecule has 0 aliphatic rings. The van der Waals surface area contributed by atoms with Crippen molar-refractivity contribution in [2.75, 3.05) is 46.1 Å². The fourth-order valence-electron chi connectivity index (χ4n) is 5.04. The van der Waals surface area contributed by atoms with Crippen LogP contribution in [0.1, 0.15) is 37.5 Å². The highest BCUT2D eigenvalue weighted by Gasteiger charge is 2.21. The van der Waals surface area contributed by atoms with Crippen LogP contribution in [-0.2, 0) is 13.6 Å². The average molecular weight is 667 g/mol. The van der Waals surface area contributed by atoms with E-state index in [4.69, 9.17) is 0 Å². The van der Waals surface area contributed by atoms with E-state index in [0.29, 0.717) is 40.4 Å². The van der Waals surface area contributed by atoms with E-state index in [2.05, 4.69) is 32.4 Å². The fraction of sp³-hybridized carbons (Fsp3) is 0.250. The second-order valence-electron chi connectivity index (χ2n) is 11.8. The van der Waals surface area contributed by atoms with Gasteiger partial charge in [0.05, 0.1) is 18.6 Å². The van der Waals surface area contributed by atoms with Crippen LogP contribution in [0.2, 0.25) is 0 Å². The first-order valence-electron chi connectivity index (χ1n) is 15.4. The smallest absolute Gasteiger partial charge is 0.280 e. The summed E-state index contributed by atoms with van der Waals surface area (Å²) in [5.41, 5.74) is 2.92. The molecular formula is C36H36F2N8O3. The summed E-state index contributed by atoms with van der Waals surface area (Å²) in [6, 6.07) is 16.0. The third-order valence-electron chi connectivity index (χ3n) is 7.97. The number of carbonyl (C=O) groups excluding carboxylic acids is 2. The highest BCUT2D eigenvalue weighted by molar-refractivity contribution is 5.95. The maximum absolute atomic E-state index is 13.7. The van der Waals surface area contributed by atoms with Gasteiger partial charge >= 0.3 is 0 Å². The molecule has 0 saturated heterocycles. The molecule has 0 atom stereocenters. The third-order valence-corrected chi connectivity index (χ3v) is 7.97. The molecule has 13 heteroatoms. The van der Waals surface area contributed by atoms with Gasteiger partial charge < -0.3 is 20.4 Å². The van der Waals surface area contributed by atoms with Crippen molar-refractivity contribution in [3.05, 3.63) is 117 Å². The number of anilines is 2. The Bertz CT molecular complexity index is 2150. The lowest BCUT2D eigenvalue weighted by Gasteiger charge is -2.19. The number of hydrogen-bond donors (Lipinski definition) is 2. The highest BCUT2D eigenvalue weighted by Crippen LogP contribution is 2.19. The van der Waals surface area contributed by atoms with Crippen molar-refractivity contribution in [3.63, 3.8) is 0 Å². The molecule has 5 rings (SSSR count). The molecule has 0 fully saturated rings. The molecule has 2 N–H and O–H groups in total. The number of aromatic nitrogens is 4. The quantitative estimate of drug-likeness (QED) is 0.217. The number of carbonyl (C=O) groups is 2. The van der Waals surface area contributed by atoms with Crippen LogP contribution < -0.4 is 16.2 Å². The molecule has 2 aromatic heterocycles. The second kappa shape index (κ2) is 14.9. The molecule has 49 heavy (non-hydrogen) atoms. The molecule has 0 aliphatic carbocycles. The van der Waals surface area contributed by atoms with Crippen LogP contribution in [0.15, 0.2) is 71.7 Å². The first kappa shape index (κ1) is 34.5. The minimum Gasteiger partial charge on any atom is -0.341 e. The lowest BCUT2D eigenvalue weighted by Crippen LogP contribution is -2.33. The Balaban J connectivity index is 1.18. The number of benzene rings is 3. The number of halogens is 2. The van der Waals surface area contributed by atoms with E-state index in [9.17, 15) is 23.2 Å². The van der Waals surface area contributed by atoms with Crippen LogP contribution in [0.5, 0.6) is 0 Å². The summed E-state index contributed by atoms with van der Waals surface area (Å²) >= 11 is 0. The van der Waals surface area contributed by atoms with Gasteiger partial charge in [-0.25, -0.2) is 23.4 Å². The number of amides is 2. The van der Waals surface area contributed by atoms with Crippen LogP contribution in [-0.4, -0.2) is 81.7 Å². The summed E-state index contributed by atoms with van der Waals surface area (Å²) in [5, 5.41) is 6.59. The van der Waals surface area contributed by atoms with Crippen molar-refractivity contribution in [2.45, 2.75) is 13.5 Å². The zero-order valence-corrected chi connectivity index (χ0v) is 27.8. The van der Waals surface area contributed by atoms with E-state index in [-0.39, 0.29) is 24.6 Å². The predicted octanol–water partition coefficient (Wildman–Crippen LogP) is 3.92. The highest BCUT2D eigenvalue weighted by atomic mass is 19.2. The molecule has 0 unspecified atom stereocenters. The Hall–Kier alpha value is -5.87. The van der Waals surface area contributed by atoms with Crippen LogP contribution in [0.3, 0.4) is 0 Å². The SMILES string of the molecule is Cc1c(C(=O)NCC#Cc2ccc3nc(Nc4ccc(C(=O)N(C)CCN(C)C)cc4)ncc3c2)c(=O)n(Cc2ccc(F)c(F)c2)n1C. The van der Waals surface area contributed by atoms with Gasteiger partial charge in [-0.2, -0.15) is 0 Å². The predicted molar refractivity (Wildman–Crippen MR) is 184 cm³/mol. The van der Waals surface area contributed by atoms with E-state index >= 15 is 0 Å². The summed E-state index contributed by atoms with van der Waals surface area (Å²) in [6.07, 6.45) is 1.68. The number of nitrogens with zero attached hydrogens (tertiary/aromatic N) is 6. The Kier molecular flexibility index (Phi) is 10.5. The van der Waals surface area contributed by atoms with E-state index < -0.39 is 23.1 Å². The van der Waals surface area contributed by atoms with Crippen molar-refractivity contribution >= 4 is 34.4 Å². The van der Waals surface area contributed by atoms with Gasteiger partial charge in [0.1, 0.15) is 5.56 Å². The minimum atomic E-state index is -1.01. The normalized spacial score (nSPS) is 10.9. The lowest BCUT2D eigenvalue weighted by molar-refractivity contribution is 0.0786. The maximum Gasteiger partial charge on any atom is 0.280 e. The number of rotatable bonds is 10. The molecular weight excluding hydrogens is 630 g/mol. The maximum atomic E-state index is 13.7. The summed E-state index contributed by atoms with van der Waals surface area (Å²) in [6.45, 7) is 3.00. The van der Waals surface area contributed by atoms with Gasteiger partial charge in [-0.3, -0.25) is 19.1 Å². The van der Waals surface area contributed by atoms with Crippen molar-refractivity contribution in [3.8, 4) is 11.8 Å². The van der Waals surface area contributed by atoms with Crippen molar-refractivity contribution in [1.29, 1.82) is 0 Å². The molecule has 0 spiro atoms.